The van der Waals surface area contributed by atoms with Crippen LogP contribution in [0.25, 0.3) is 11.6 Å². The first-order valence-corrected chi connectivity index (χ1v) is 9.63. The van der Waals surface area contributed by atoms with Gasteiger partial charge in [0.25, 0.3) is 5.91 Å². The van der Waals surface area contributed by atoms with Gasteiger partial charge in [-0.2, -0.15) is 0 Å². The van der Waals surface area contributed by atoms with E-state index in [0.717, 1.165) is 25.0 Å². The number of rotatable bonds is 8. The number of carbonyl (C=O) groups is 2. The van der Waals surface area contributed by atoms with Crippen LogP contribution < -0.4 is 10.1 Å². The fraction of sp³-hybridized carbons (Fsp3) is 0.304. The van der Waals surface area contributed by atoms with Gasteiger partial charge < -0.3 is 19.5 Å². The first-order valence-electron chi connectivity index (χ1n) is 9.63. The second-order valence-electron chi connectivity index (χ2n) is 6.68. The van der Waals surface area contributed by atoms with Crippen LogP contribution in [0.2, 0.25) is 0 Å². The van der Waals surface area contributed by atoms with E-state index >= 15 is 0 Å². The molecule has 0 spiro atoms. The third-order valence-corrected chi connectivity index (χ3v) is 4.63. The van der Waals surface area contributed by atoms with Gasteiger partial charge in [0.1, 0.15) is 5.75 Å². The molecule has 0 aromatic heterocycles. The van der Waals surface area contributed by atoms with Gasteiger partial charge in [0.15, 0.2) is 6.61 Å². The quantitative estimate of drug-likeness (QED) is 0.422. The Labute approximate surface area is 170 Å². The van der Waals surface area contributed by atoms with Crippen LogP contribution in [-0.4, -0.2) is 44.8 Å². The second kappa shape index (κ2) is 10.4. The minimum absolute atomic E-state index is 0.0416. The predicted octanol–water partition coefficient (Wildman–Crippen LogP) is 3.07. The topological polar surface area (TPSA) is 73.9 Å². The number of ether oxygens (including phenoxy) is 3. The number of hydrogen-bond donors (Lipinski definition) is 1. The van der Waals surface area contributed by atoms with Gasteiger partial charge in [-0.1, -0.05) is 48.5 Å². The van der Waals surface area contributed by atoms with E-state index in [1.165, 1.54) is 0 Å². The largest absolute Gasteiger partial charge is 0.496 e. The molecule has 1 amide bonds. The highest BCUT2D eigenvalue weighted by Gasteiger charge is 2.19. The zero-order chi connectivity index (χ0) is 20.5. The van der Waals surface area contributed by atoms with Gasteiger partial charge in [-0.05, 0) is 30.5 Å². The molecule has 6 nitrogen and oxygen atoms in total. The second-order valence-corrected chi connectivity index (χ2v) is 6.68. The molecule has 1 atom stereocenters. The highest BCUT2D eigenvalue weighted by molar-refractivity contribution is 6.22. The average Bonchev–Trinajstić information content (AvgIpc) is 3.29. The number of nitrogens with one attached hydrogen (secondary N) is 1. The van der Waals surface area contributed by atoms with Gasteiger partial charge in [-0.25, -0.2) is 4.79 Å². The molecule has 2 aromatic rings. The Morgan fingerprint density at radius 3 is 2.62 bits per heavy atom. The van der Waals surface area contributed by atoms with E-state index < -0.39 is 5.97 Å². The van der Waals surface area contributed by atoms with Gasteiger partial charge in [-0.3, -0.25) is 4.79 Å². The Kier molecular flexibility index (Phi) is 7.41. The smallest absolute Gasteiger partial charge is 0.339 e. The van der Waals surface area contributed by atoms with Crippen LogP contribution >= 0.6 is 0 Å². The van der Waals surface area contributed by atoms with Crippen LogP contribution in [0, 0.1) is 0 Å². The fourth-order valence-corrected chi connectivity index (χ4v) is 3.11. The lowest BCUT2D eigenvalue weighted by molar-refractivity contribution is -0.143. The average molecular weight is 395 g/mol. The number of esters is 1. The van der Waals surface area contributed by atoms with Crippen molar-refractivity contribution in [1.82, 2.24) is 5.32 Å². The standard InChI is InChI=1S/C23H25NO5/c1-27-21-12-6-5-10-18(21)14-20(17-8-3-2-4-9-17)23(26)29-16-22(25)24-15-19-11-7-13-28-19/h2-6,8-10,12,14,19H,7,11,13,15-16H2,1H3,(H,24,25)/b20-14+/t19-/m1/s1. The summed E-state index contributed by atoms with van der Waals surface area (Å²) in [5.41, 5.74) is 1.79. The third-order valence-electron chi connectivity index (χ3n) is 4.63. The van der Waals surface area contributed by atoms with E-state index in [1.807, 2.05) is 54.6 Å². The van der Waals surface area contributed by atoms with E-state index in [1.54, 1.807) is 13.2 Å². The molecular formula is C23H25NO5. The van der Waals surface area contributed by atoms with Crippen molar-refractivity contribution in [3.8, 4) is 5.75 Å². The first kappa shape index (κ1) is 20.6. The molecule has 152 valence electrons. The van der Waals surface area contributed by atoms with Gasteiger partial charge in [0.05, 0.1) is 18.8 Å². The van der Waals surface area contributed by atoms with E-state index in [2.05, 4.69) is 5.32 Å². The van der Waals surface area contributed by atoms with Crippen LogP contribution in [-0.2, 0) is 19.1 Å². The monoisotopic (exact) mass is 395 g/mol. The minimum atomic E-state index is -0.575. The normalized spacial score (nSPS) is 16.3. The molecule has 0 bridgehead atoms. The number of methoxy groups -OCH3 is 1. The number of hydrogen-bond acceptors (Lipinski definition) is 5. The molecule has 0 saturated carbocycles. The van der Waals surface area contributed by atoms with Crippen molar-refractivity contribution >= 4 is 23.5 Å². The van der Waals surface area contributed by atoms with E-state index in [9.17, 15) is 9.59 Å². The maximum absolute atomic E-state index is 12.8. The Morgan fingerprint density at radius 2 is 1.90 bits per heavy atom. The summed E-state index contributed by atoms with van der Waals surface area (Å²) in [5, 5.41) is 2.75. The SMILES string of the molecule is COc1ccccc1/C=C(/C(=O)OCC(=O)NC[C@H]1CCCO1)c1ccccc1. The molecule has 29 heavy (non-hydrogen) atoms. The molecule has 1 saturated heterocycles. The van der Waals surface area contributed by atoms with Crippen molar-refractivity contribution < 1.29 is 23.8 Å². The molecule has 1 fully saturated rings. The summed E-state index contributed by atoms with van der Waals surface area (Å²) >= 11 is 0. The zero-order valence-corrected chi connectivity index (χ0v) is 16.4. The summed E-state index contributed by atoms with van der Waals surface area (Å²) in [4.78, 5) is 24.8. The maximum atomic E-state index is 12.8. The lowest BCUT2D eigenvalue weighted by Crippen LogP contribution is -2.34. The molecule has 3 rings (SSSR count). The molecule has 1 N–H and O–H groups in total. The molecule has 0 unspecified atom stereocenters. The van der Waals surface area contributed by atoms with Crippen molar-refractivity contribution in [1.29, 1.82) is 0 Å². The minimum Gasteiger partial charge on any atom is -0.496 e. The molecular weight excluding hydrogens is 370 g/mol. The Morgan fingerprint density at radius 1 is 1.14 bits per heavy atom. The maximum Gasteiger partial charge on any atom is 0.339 e. The van der Waals surface area contributed by atoms with E-state index in [-0.39, 0.29) is 18.6 Å². The van der Waals surface area contributed by atoms with Gasteiger partial charge in [-0.15, -0.1) is 0 Å². The summed E-state index contributed by atoms with van der Waals surface area (Å²) in [5.74, 6) is -0.282. The number of para-hydroxylation sites is 1. The van der Waals surface area contributed by atoms with Crippen molar-refractivity contribution in [2.24, 2.45) is 0 Å². The van der Waals surface area contributed by atoms with Crippen molar-refractivity contribution in [2.45, 2.75) is 18.9 Å². The number of benzene rings is 2. The van der Waals surface area contributed by atoms with Gasteiger partial charge >= 0.3 is 5.97 Å². The highest BCUT2D eigenvalue weighted by Crippen LogP contribution is 2.25. The summed E-state index contributed by atoms with van der Waals surface area (Å²) in [6, 6.07) is 16.6. The van der Waals surface area contributed by atoms with Crippen LogP contribution in [0.15, 0.2) is 54.6 Å². The summed E-state index contributed by atoms with van der Waals surface area (Å²) in [6.07, 6.45) is 3.68. The van der Waals surface area contributed by atoms with Crippen LogP contribution in [0.1, 0.15) is 24.0 Å². The molecule has 1 heterocycles. The van der Waals surface area contributed by atoms with Crippen LogP contribution in [0.4, 0.5) is 0 Å². The van der Waals surface area contributed by atoms with Gasteiger partial charge in [0.2, 0.25) is 0 Å². The van der Waals surface area contributed by atoms with Crippen LogP contribution in [0.3, 0.4) is 0 Å². The molecule has 6 heteroatoms. The fourth-order valence-electron chi connectivity index (χ4n) is 3.11. The van der Waals surface area contributed by atoms with Crippen molar-refractivity contribution in [3.63, 3.8) is 0 Å². The number of amides is 1. The molecule has 0 aliphatic carbocycles. The Balaban J connectivity index is 1.70. The summed E-state index contributed by atoms with van der Waals surface area (Å²) in [7, 11) is 1.57. The van der Waals surface area contributed by atoms with Crippen molar-refractivity contribution in [2.75, 3.05) is 26.9 Å². The molecule has 1 aliphatic rings. The van der Waals surface area contributed by atoms with Crippen molar-refractivity contribution in [3.05, 3.63) is 65.7 Å². The molecule has 1 aliphatic heterocycles. The highest BCUT2D eigenvalue weighted by atomic mass is 16.5. The zero-order valence-electron chi connectivity index (χ0n) is 16.4. The predicted molar refractivity (Wildman–Crippen MR) is 110 cm³/mol. The Bertz CT molecular complexity index is 857. The summed E-state index contributed by atoms with van der Waals surface area (Å²) < 4.78 is 16.1. The van der Waals surface area contributed by atoms with E-state index in [4.69, 9.17) is 14.2 Å². The molecule has 2 aromatic carbocycles. The lowest BCUT2D eigenvalue weighted by Gasteiger charge is -2.12. The molecule has 0 radical (unpaired) electrons. The third kappa shape index (κ3) is 5.93. The summed E-state index contributed by atoms with van der Waals surface area (Å²) in [6.45, 7) is 0.810. The Hall–Kier alpha value is -3.12. The first-order chi connectivity index (χ1) is 14.2. The lowest BCUT2D eigenvalue weighted by atomic mass is 10.0. The van der Waals surface area contributed by atoms with E-state index in [0.29, 0.717) is 23.4 Å². The van der Waals surface area contributed by atoms with Crippen LogP contribution in [0.5, 0.6) is 5.75 Å². The number of carbonyl (C=O) groups excluding carboxylic acids is 2. The van der Waals surface area contributed by atoms with Gasteiger partial charge in [0, 0.05) is 18.7 Å².